The highest BCUT2D eigenvalue weighted by atomic mass is 16.5. The molecule has 0 heterocycles. The van der Waals surface area contributed by atoms with Gasteiger partial charge in [-0.05, 0) is 26.7 Å². The summed E-state index contributed by atoms with van der Waals surface area (Å²) in [7, 11) is 0. The average Bonchev–Trinajstić information content (AvgIpc) is 3.04. The van der Waals surface area contributed by atoms with Crippen LogP contribution in [-0.4, -0.2) is 48.2 Å². The van der Waals surface area contributed by atoms with E-state index in [2.05, 4.69) is 0 Å². The Morgan fingerprint density at radius 3 is 2.38 bits per heavy atom. The molecule has 0 aromatic heterocycles. The Labute approximate surface area is 95.4 Å². The zero-order chi connectivity index (χ0) is 12.2. The predicted octanol–water partition coefficient (Wildman–Crippen LogP) is 0.736. The fourth-order valence-electron chi connectivity index (χ4n) is 1.67. The molecule has 0 aromatic carbocycles. The van der Waals surface area contributed by atoms with Crippen molar-refractivity contribution in [3.63, 3.8) is 0 Å². The van der Waals surface area contributed by atoms with E-state index in [9.17, 15) is 9.59 Å². The summed E-state index contributed by atoms with van der Waals surface area (Å²) in [4.78, 5) is 24.5. The zero-order valence-corrected chi connectivity index (χ0v) is 9.86. The molecule has 1 fully saturated rings. The normalized spacial score (nSPS) is 16.9. The Bertz CT molecular complexity index is 273. The van der Waals surface area contributed by atoms with Gasteiger partial charge < -0.3 is 14.7 Å². The van der Waals surface area contributed by atoms with Crippen molar-refractivity contribution in [1.29, 1.82) is 0 Å². The lowest BCUT2D eigenvalue weighted by Crippen LogP contribution is -2.42. The molecule has 1 amide bonds. The molecule has 0 bridgehead atoms. The van der Waals surface area contributed by atoms with Crippen molar-refractivity contribution in [3.05, 3.63) is 0 Å². The summed E-state index contributed by atoms with van der Waals surface area (Å²) in [5.41, 5.74) is -1.12. The number of carboxylic acids is 1. The zero-order valence-electron chi connectivity index (χ0n) is 9.86. The molecule has 1 N–H and O–H groups in total. The molecule has 1 saturated carbocycles. The molecule has 1 rings (SSSR count). The standard InChI is InChI=1S/C11H19NO4/c1-3-12(7-8-16-4-2)9(13)11(5-6-11)10(14)15/h3-8H2,1-2H3,(H,14,15). The van der Waals surface area contributed by atoms with Crippen LogP contribution in [0.5, 0.6) is 0 Å². The smallest absolute Gasteiger partial charge is 0.319 e. The largest absolute Gasteiger partial charge is 0.480 e. The van der Waals surface area contributed by atoms with Crippen LogP contribution in [-0.2, 0) is 14.3 Å². The summed E-state index contributed by atoms with van der Waals surface area (Å²) < 4.78 is 5.17. The van der Waals surface area contributed by atoms with E-state index in [4.69, 9.17) is 9.84 Å². The van der Waals surface area contributed by atoms with Gasteiger partial charge in [-0.3, -0.25) is 9.59 Å². The summed E-state index contributed by atoms with van der Waals surface area (Å²) in [5, 5.41) is 9.01. The van der Waals surface area contributed by atoms with E-state index in [1.165, 1.54) is 0 Å². The van der Waals surface area contributed by atoms with Crippen LogP contribution in [0.4, 0.5) is 0 Å². The highest BCUT2D eigenvalue weighted by Crippen LogP contribution is 2.47. The van der Waals surface area contributed by atoms with Gasteiger partial charge in [-0.1, -0.05) is 0 Å². The SMILES string of the molecule is CCOCCN(CC)C(=O)C1(C(=O)O)CC1. The second kappa shape index (κ2) is 5.30. The number of hydrogen-bond acceptors (Lipinski definition) is 3. The summed E-state index contributed by atoms with van der Waals surface area (Å²) >= 11 is 0. The van der Waals surface area contributed by atoms with Gasteiger partial charge in [0, 0.05) is 19.7 Å². The second-order valence-corrected chi connectivity index (χ2v) is 3.97. The third-order valence-corrected chi connectivity index (χ3v) is 2.95. The van der Waals surface area contributed by atoms with Crippen molar-refractivity contribution < 1.29 is 19.4 Å². The Morgan fingerprint density at radius 2 is 2.00 bits per heavy atom. The first kappa shape index (κ1) is 13.0. The number of ether oxygens (including phenoxy) is 1. The molecule has 0 saturated heterocycles. The molecule has 16 heavy (non-hydrogen) atoms. The van der Waals surface area contributed by atoms with E-state index < -0.39 is 11.4 Å². The number of nitrogens with zero attached hydrogens (tertiary/aromatic N) is 1. The van der Waals surface area contributed by atoms with Gasteiger partial charge in [0.05, 0.1) is 6.61 Å². The maximum Gasteiger partial charge on any atom is 0.319 e. The van der Waals surface area contributed by atoms with Gasteiger partial charge in [0.1, 0.15) is 5.41 Å². The lowest BCUT2D eigenvalue weighted by Gasteiger charge is -2.24. The molecule has 5 heteroatoms. The van der Waals surface area contributed by atoms with Gasteiger partial charge in [0.2, 0.25) is 5.91 Å². The van der Waals surface area contributed by atoms with Crippen LogP contribution in [0.25, 0.3) is 0 Å². The van der Waals surface area contributed by atoms with Crippen LogP contribution >= 0.6 is 0 Å². The van der Waals surface area contributed by atoms with Crippen LogP contribution in [0.2, 0.25) is 0 Å². The van der Waals surface area contributed by atoms with Crippen molar-refractivity contribution in [3.8, 4) is 0 Å². The maximum absolute atomic E-state index is 12.0. The quantitative estimate of drug-likeness (QED) is 0.516. The lowest BCUT2D eigenvalue weighted by atomic mass is 10.1. The molecular weight excluding hydrogens is 210 g/mol. The second-order valence-electron chi connectivity index (χ2n) is 3.97. The topological polar surface area (TPSA) is 66.8 Å². The number of carboxylic acid groups (broad SMARTS) is 1. The van der Waals surface area contributed by atoms with Crippen molar-refractivity contribution >= 4 is 11.9 Å². The van der Waals surface area contributed by atoms with Crippen LogP contribution in [0, 0.1) is 5.41 Å². The summed E-state index contributed by atoms with van der Waals surface area (Å²) in [6.07, 6.45) is 0.929. The van der Waals surface area contributed by atoms with Crippen molar-refractivity contribution in [2.75, 3.05) is 26.3 Å². The number of hydrogen-bond donors (Lipinski definition) is 1. The van der Waals surface area contributed by atoms with Gasteiger partial charge in [-0.15, -0.1) is 0 Å². The first-order valence-electron chi connectivity index (χ1n) is 5.69. The van der Waals surface area contributed by atoms with Crippen molar-refractivity contribution in [2.24, 2.45) is 5.41 Å². The third-order valence-electron chi connectivity index (χ3n) is 2.95. The molecule has 1 aliphatic rings. The first-order chi connectivity index (χ1) is 7.58. The number of aliphatic carboxylic acids is 1. The first-order valence-corrected chi connectivity index (χ1v) is 5.69. The van der Waals surface area contributed by atoms with Crippen LogP contribution < -0.4 is 0 Å². The lowest BCUT2D eigenvalue weighted by molar-refractivity contribution is -0.153. The Balaban J connectivity index is 2.53. The minimum Gasteiger partial charge on any atom is -0.480 e. The highest BCUT2D eigenvalue weighted by molar-refractivity contribution is 6.04. The molecule has 0 aliphatic heterocycles. The van der Waals surface area contributed by atoms with E-state index >= 15 is 0 Å². The predicted molar refractivity (Wildman–Crippen MR) is 58.0 cm³/mol. The summed E-state index contributed by atoms with van der Waals surface area (Å²) in [6.45, 7) is 5.81. The van der Waals surface area contributed by atoms with E-state index in [1.807, 2.05) is 13.8 Å². The fourth-order valence-corrected chi connectivity index (χ4v) is 1.67. The molecule has 0 spiro atoms. The molecule has 92 valence electrons. The molecule has 0 aromatic rings. The number of carbonyl (C=O) groups is 2. The van der Waals surface area contributed by atoms with E-state index in [1.54, 1.807) is 4.90 Å². The van der Waals surface area contributed by atoms with Gasteiger partial charge >= 0.3 is 5.97 Å². The van der Waals surface area contributed by atoms with Crippen molar-refractivity contribution in [2.45, 2.75) is 26.7 Å². The van der Waals surface area contributed by atoms with Crippen LogP contribution in [0.15, 0.2) is 0 Å². The van der Waals surface area contributed by atoms with Gasteiger partial charge in [-0.25, -0.2) is 0 Å². The third kappa shape index (κ3) is 2.52. The van der Waals surface area contributed by atoms with Gasteiger partial charge in [0.15, 0.2) is 0 Å². The maximum atomic E-state index is 12.0. The van der Waals surface area contributed by atoms with Crippen LogP contribution in [0.1, 0.15) is 26.7 Å². The summed E-state index contributed by atoms with van der Waals surface area (Å²) in [6, 6.07) is 0. The molecule has 5 nitrogen and oxygen atoms in total. The van der Waals surface area contributed by atoms with E-state index in [0.717, 1.165) is 0 Å². The minimum absolute atomic E-state index is 0.262. The number of likely N-dealkylation sites (N-methyl/N-ethyl adjacent to an activating group) is 1. The molecule has 1 aliphatic carbocycles. The van der Waals surface area contributed by atoms with E-state index in [-0.39, 0.29) is 5.91 Å². The molecule has 0 radical (unpaired) electrons. The molecule has 0 unspecified atom stereocenters. The summed E-state index contributed by atoms with van der Waals surface area (Å²) in [5.74, 6) is -1.26. The Hall–Kier alpha value is -1.10. The highest BCUT2D eigenvalue weighted by Gasteiger charge is 2.58. The Kier molecular flexibility index (Phi) is 4.29. The molecule has 0 atom stereocenters. The number of amides is 1. The van der Waals surface area contributed by atoms with E-state index in [0.29, 0.717) is 39.1 Å². The fraction of sp³-hybridized carbons (Fsp3) is 0.818. The molecular formula is C11H19NO4. The van der Waals surface area contributed by atoms with Gasteiger partial charge in [0.25, 0.3) is 0 Å². The Morgan fingerprint density at radius 1 is 1.38 bits per heavy atom. The number of rotatable bonds is 7. The minimum atomic E-state index is -1.12. The van der Waals surface area contributed by atoms with Crippen molar-refractivity contribution in [1.82, 2.24) is 4.90 Å². The monoisotopic (exact) mass is 229 g/mol. The number of carbonyl (C=O) groups excluding carboxylic acids is 1. The average molecular weight is 229 g/mol. The van der Waals surface area contributed by atoms with Gasteiger partial charge in [-0.2, -0.15) is 0 Å². The van der Waals surface area contributed by atoms with Crippen LogP contribution in [0.3, 0.4) is 0 Å².